The molecule has 1 aromatic carbocycles. The Hall–Kier alpha value is -0.620. The summed E-state index contributed by atoms with van der Waals surface area (Å²) in [7, 11) is -3.40. The SMILES string of the molecule is NCc1cc(S(=O)(=O)N2CC3CCC2C3)ccc1Cl. The van der Waals surface area contributed by atoms with Gasteiger partial charge in [-0.2, -0.15) is 4.31 Å². The Kier molecular flexibility index (Phi) is 3.33. The molecular weight excluding hydrogens is 284 g/mol. The summed E-state index contributed by atoms with van der Waals surface area (Å²) in [5.41, 5.74) is 6.26. The Bertz CT molecular complexity index is 603. The Morgan fingerprint density at radius 1 is 1.37 bits per heavy atom. The Morgan fingerprint density at radius 3 is 2.74 bits per heavy atom. The Balaban J connectivity index is 1.96. The number of benzene rings is 1. The summed E-state index contributed by atoms with van der Waals surface area (Å²) >= 11 is 5.98. The predicted octanol–water partition coefficient (Wildman–Crippen LogP) is 1.97. The van der Waals surface area contributed by atoms with Gasteiger partial charge in [-0.05, 0) is 48.9 Å². The molecule has 2 aliphatic rings. The third-order valence-corrected chi connectivity index (χ3v) is 6.49. The normalized spacial score (nSPS) is 27.1. The van der Waals surface area contributed by atoms with E-state index >= 15 is 0 Å². The minimum Gasteiger partial charge on any atom is -0.326 e. The molecule has 1 saturated carbocycles. The van der Waals surface area contributed by atoms with Gasteiger partial charge < -0.3 is 5.73 Å². The third kappa shape index (κ3) is 2.18. The lowest BCUT2D eigenvalue weighted by Gasteiger charge is -2.26. The fraction of sp³-hybridized carbons (Fsp3) is 0.538. The van der Waals surface area contributed by atoms with E-state index in [0.29, 0.717) is 27.9 Å². The number of sulfonamides is 1. The van der Waals surface area contributed by atoms with E-state index in [9.17, 15) is 8.42 Å². The van der Waals surface area contributed by atoms with Crippen LogP contribution >= 0.6 is 11.6 Å². The molecule has 19 heavy (non-hydrogen) atoms. The number of nitrogens with two attached hydrogens (primary N) is 1. The van der Waals surface area contributed by atoms with Crippen LogP contribution in [0.4, 0.5) is 0 Å². The lowest BCUT2D eigenvalue weighted by Crippen LogP contribution is -2.37. The number of nitrogens with zero attached hydrogens (tertiary/aromatic N) is 1. The molecule has 1 heterocycles. The van der Waals surface area contributed by atoms with E-state index in [1.807, 2.05) is 0 Å². The van der Waals surface area contributed by atoms with Gasteiger partial charge in [-0.1, -0.05) is 11.6 Å². The minimum absolute atomic E-state index is 0.187. The molecule has 1 aliphatic carbocycles. The van der Waals surface area contributed by atoms with Crippen LogP contribution in [0.5, 0.6) is 0 Å². The van der Waals surface area contributed by atoms with Crippen LogP contribution in [0.3, 0.4) is 0 Å². The van der Waals surface area contributed by atoms with E-state index in [1.54, 1.807) is 22.5 Å². The van der Waals surface area contributed by atoms with Gasteiger partial charge in [0, 0.05) is 24.2 Å². The smallest absolute Gasteiger partial charge is 0.243 e. The summed E-state index contributed by atoms with van der Waals surface area (Å²) in [6, 6.07) is 4.98. The highest BCUT2D eigenvalue weighted by Gasteiger charge is 2.44. The van der Waals surface area contributed by atoms with Crippen molar-refractivity contribution in [2.45, 2.75) is 36.7 Å². The molecule has 4 nitrogen and oxygen atoms in total. The van der Waals surface area contributed by atoms with Crippen LogP contribution in [0.15, 0.2) is 23.1 Å². The third-order valence-electron chi connectivity index (χ3n) is 4.20. The van der Waals surface area contributed by atoms with Crippen molar-refractivity contribution in [3.63, 3.8) is 0 Å². The van der Waals surface area contributed by atoms with Gasteiger partial charge in [-0.3, -0.25) is 0 Å². The average molecular weight is 301 g/mol. The predicted molar refractivity (Wildman–Crippen MR) is 74.4 cm³/mol. The average Bonchev–Trinajstić information content (AvgIpc) is 3.01. The van der Waals surface area contributed by atoms with Gasteiger partial charge in [0.05, 0.1) is 4.90 Å². The van der Waals surface area contributed by atoms with Crippen LogP contribution in [0.25, 0.3) is 0 Å². The Morgan fingerprint density at radius 2 is 2.16 bits per heavy atom. The van der Waals surface area contributed by atoms with Gasteiger partial charge in [0.25, 0.3) is 0 Å². The summed E-state index contributed by atoms with van der Waals surface area (Å²) in [6.07, 6.45) is 3.16. The fourth-order valence-electron chi connectivity index (χ4n) is 3.18. The summed E-state index contributed by atoms with van der Waals surface area (Å²) in [5, 5.41) is 0.518. The maximum atomic E-state index is 12.6. The zero-order valence-corrected chi connectivity index (χ0v) is 12.1. The second-order valence-electron chi connectivity index (χ2n) is 5.36. The summed E-state index contributed by atoms with van der Waals surface area (Å²) in [4.78, 5) is 0.310. The standard InChI is InChI=1S/C13H17ClN2O2S/c14-13-4-3-12(6-10(13)7-15)19(17,18)16-8-9-1-2-11(16)5-9/h3-4,6,9,11H,1-2,5,7-8,15H2. The first-order chi connectivity index (χ1) is 9.02. The van der Waals surface area contributed by atoms with Gasteiger partial charge in [-0.15, -0.1) is 0 Å². The van der Waals surface area contributed by atoms with Crippen LogP contribution in [0, 0.1) is 5.92 Å². The van der Waals surface area contributed by atoms with E-state index in [-0.39, 0.29) is 12.6 Å². The number of fused-ring (bicyclic) bond motifs is 2. The molecule has 3 rings (SSSR count). The molecule has 1 aliphatic heterocycles. The van der Waals surface area contributed by atoms with Crippen molar-refractivity contribution in [3.8, 4) is 0 Å². The van der Waals surface area contributed by atoms with Crippen molar-refractivity contribution in [3.05, 3.63) is 28.8 Å². The van der Waals surface area contributed by atoms with E-state index < -0.39 is 10.0 Å². The van der Waals surface area contributed by atoms with Gasteiger partial charge >= 0.3 is 0 Å². The van der Waals surface area contributed by atoms with Crippen LogP contribution in [-0.2, 0) is 16.6 Å². The number of hydrogen-bond acceptors (Lipinski definition) is 3. The second kappa shape index (κ2) is 4.74. The number of piperidine rings is 1. The number of halogens is 1. The molecule has 2 fully saturated rings. The molecule has 1 aromatic rings. The molecule has 1 saturated heterocycles. The highest BCUT2D eigenvalue weighted by atomic mass is 35.5. The molecule has 0 radical (unpaired) electrons. The first kappa shape index (κ1) is 13.4. The van der Waals surface area contributed by atoms with Gasteiger partial charge in [0.2, 0.25) is 10.0 Å². The molecule has 0 aromatic heterocycles. The van der Waals surface area contributed by atoms with Crippen molar-refractivity contribution in [2.24, 2.45) is 11.7 Å². The molecular formula is C13H17ClN2O2S. The highest BCUT2D eigenvalue weighted by molar-refractivity contribution is 7.89. The highest BCUT2D eigenvalue weighted by Crippen LogP contribution is 2.40. The molecule has 0 amide bonds. The summed E-state index contributed by atoms with van der Waals surface area (Å²) in [5.74, 6) is 0.543. The molecule has 2 unspecified atom stereocenters. The number of rotatable bonds is 3. The van der Waals surface area contributed by atoms with Crippen LogP contribution in [-0.4, -0.2) is 25.3 Å². The van der Waals surface area contributed by atoms with Gasteiger partial charge in [0.15, 0.2) is 0 Å². The van der Waals surface area contributed by atoms with E-state index in [4.69, 9.17) is 17.3 Å². The van der Waals surface area contributed by atoms with Crippen molar-refractivity contribution in [1.29, 1.82) is 0 Å². The van der Waals surface area contributed by atoms with Gasteiger partial charge in [-0.25, -0.2) is 8.42 Å². The van der Waals surface area contributed by atoms with E-state index in [0.717, 1.165) is 19.3 Å². The summed E-state index contributed by atoms with van der Waals surface area (Å²) < 4.78 is 26.9. The minimum atomic E-state index is -3.40. The van der Waals surface area contributed by atoms with Gasteiger partial charge in [0.1, 0.15) is 0 Å². The van der Waals surface area contributed by atoms with E-state index in [2.05, 4.69) is 0 Å². The molecule has 104 valence electrons. The van der Waals surface area contributed by atoms with E-state index in [1.165, 1.54) is 0 Å². The first-order valence-electron chi connectivity index (χ1n) is 6.52. The second-order valence-corrected chi connectivity index (χ2v) is 7.66. The van der Waals surface area contributed by atoms with Crippen LogP contribution < -0.4 is 5.73 Å². The largest absolute Gasteiger partial charge is 0.326 e. The molecule has 6 heteroatoms. The molecule has 2 atom stereocenters. The Labute approximate surface area is 118 Å². The van der Waals surface area contributed by atoms with Crippen LogP contribution in [0.2, 0.25) is 5.02 Å². The molecule has 2 bridgehead atoms. The van der Waals surface area contributed by atoms with Crippen LogP contribution in [0.1, 0.15) is 24.8 Å². The quantitative estimate of drug-likeness (QED) is 0.928. The zero-order chi connectivity index (χ0) is 13.6. The maximum absolute atomic E-state index is 12.6. The summed E-state index contributed by atoms with van der Waals surface area (Å²) in [6.45, 7) is 0.905. The molecule has 2 N–H and O–H groups in total. The van der Waals surface area contributed by atoms with Crippen molar-refractivity contribution in [2.75, 3.05) is 6.54 Å². The first-order valence-corrected chi connectivity index (χ1v) is 8.34. The zero-order valence-electron chi connectivity index (χ0n) is 10.5. The molecule has 0 spiro atoms. The monoisotopic (exact) mass is 300 g/mol. The topological polar surface area (TPSA) is 63.4 Å². The van der Waals surface area contributed by atoms with Crippen molar-refractivity contribution < 1.29 is 8.42 Å². The van der Waals surface area contributed by atoms with Crippen molar-refractivity contribution >= 4 is 21.6 Å². The lowest BCUT2D eigenvalue weighted by molar-refractivity contribution is 0.333. The lowest BCUT2D eigenvalue weighted by atomic mass is 10.1. The van der Waals surface area contributed by atoms with Crippen molar-refractivity contribution in [1.82, 2.24) is 4.31 Å². The maximum Gasteiger partial charge on any atom is 0.243 e. The number of hydrogen-bond donors (Lipinski definition) is 1. The fourth-order valence-corrected chi connectivity index (χ4v) is 5.16.